The average Bonchev–Trinajstić information content (AvgIpc) is 3.57. The molecule has 2 N–H and O–H groups in total. The molecule has 218 valence electrons. The summed E-state index contributed by atoms with van der Waals surface area (Å²) in [6.45, 7) is 7.09. The summed E-state index contributed by atoms with van der Waals surface area (Å²) in [7, 11) is 0. The zero-order valence-corrected chi connectivity index (χ0v) is 24.1. The Bertz CT molecular complexity index is 1360. The van der Waals surface area contributed by atoms with Gasteiger partial charge in [0.1, 0.15) is 0 Å². The summed E-state index contributed by atoms with van der Waals surface area (Å²) < 4.78 is 3.77. The number of hydrogen-bond acceptors (Lipinski definition) is 5. The van der Waals surface area contributed by atoms with Crippen LogP contribution in [0.15, 0.2) is 42.7 Å². The van der Waals surface area contributed by atoms with Gasteiger partial charge >= 0.3 is 0 Å². The zero-order chi connectivity index (χ0) is 28.8. The monoisotopic (exact) mass is 559 g/mol. The van der Waals surface area contributed by atoms with E-state index in [9.17, 15) is 14.4 Å². The molecule has 0 radical (unpaired) electrons. The fourth-order valence-corrected chi connectivity index (χ4v) is 5.67. The molecular weight excluding hydrogens is 518 g/mol. The molecule has 3 heterocycles. The van der Waals surface area contributed by atoms with E-state index in [1.165, 1.54) is 0 Å². The van der Waals surface area contributed by atoms with E-state index in [4.69, 9.17) is 5.10 Å². The second-order valence-corrected chi connectivity index (χ2v) is 11.6. The number of carbonyl (C=O) groups excluding carboxylic acids is 3. The minimum Gasteiger partial charge on any atom is -0.353 e. The van der Waals surface area contributed by atoms with Crippen molar-refractivity contribution in [1.29, 1.82) is 0 Å². The summed E-state index contributed by atoms with van der Waals surface area (Å²) in [6, 6.07) is 9.95. The molecule has 5 rings (SSSR count). The highest BCUT2D eigenvalue weighted by molar-refractivity contribution is 5.94. The maximum atomic E-state index is 13.5. The van der Waals surface area contributed by atoms with Crippen molar-refractivity contribution in [2.75, 3.05) is 19.6 Å². The standard InChI is InChI=1S/C31H41N7O3/c1-22(2)13-17-38-27-12-11-25-18-26(27)29(35-38)30(40)32-14-7-16-36(15-6-10-28(39)34-25)31(41)24-19-33-37(21-24)20-23-8-4-3-5-9-23/h3-5,8-9,19,21-22,25H,6-7,10-18,20H2,1-2H3,(H,32,40)(H,34,39). The largest absolute Gasteiger partial charge is 0.353 e. The molecule has 1 aliphatic carbocycles. The summed E-state index contributed by atoms with van der Waals surface area (Å²) in [5.74, 6) is 0.213. The van der Waals surface area contributed by atoms with Crippen LogP contribution in [0, 0.1) is 5.92 Å². The van der Waals surface area contributed by atoms with E-state index < -0.39 is 0 Å². The molecule has 0 saturated heterocycles. The van der Waals surface area contributed by atoms with Gasteiger partial charge in [-0.25, -0.2) is 0 Å². The fourth-order valence-electron chi connectivity index (χ4n) is 5.67. The molecule has 1 unspecified atom stereocenters. The van der Waals surface area contributed by atoms with Crippen LogP contribution in [0.3, 0.4) is 0 Å². The van der Waals surface area contributed by atoms with Crippen LogP contribution in [0.5, 0.6) is 0 Å². The Hall–Kier alpha value is -3.95. The lowest BCUT2D eigenvalue weighted by Crippen LogP contribution is -2.39. The molecule has 1 aromatic carbocycles. The molecule has 1 atom stereocenters. The van der Waals surface area contributed by atoms with E-state index in [0.29, 0.717) is 69.0 Å². The Morgan fingerprint density at radius 1 is 1.10 bits per heavy atom. The summed E-state index contributed by atoms with van der Waals surface area (Å²) in [5, 5.41) is 15.3. The third-order valence-corrected chi connectivity index (χ3v) is 7.92. The van der Waals surface area contributed by atoms with Gasteiger partial charge in [0.15, 0.2) is 5.69 Å². The van der Waals surface area contributed by atoms with Gasteiger partial charge in [-0.3, -0.25) is 23.7 Å². The number of aryl methyl sites for hydroxylation is 1. The zero-order valence-electron chi connectivity index (χ0n) is 24.1. The van der Waals surface area contributed by atoms with E-state index in [-0.39, 0.29) is 23.8 Å². The van der Waals surface area contributed by atoms with Crippen molar-refractivity contribution in [2.45, 2.75) is 77.9 Å². The second kappa shape index (κ2) is 13.1. The molecular formula is C31H41N7O3. The lowest BCUT2D eigenvalue weighted by Gasteiger charge is -2.25. The van der Waals surface area contributed by atoms with Gasteiger partial charge in [-0.05, 0) is 50.0 Å². The number of amides is 3. The maximum absolute atomic E-state index is 13.5. The Morgan fingerprint density at radius 3 is 2.71 bits per heavy atom. The highest BCUT2D eigenvalue weighted by Crippen LogP contribution is 2.26. The molecule has 3 amide bonds. The van der Waals surface area contributed by atoms with Crippen molar-refractivity contribution in [2.24, 2.45) is 5.92 Å². The Balaban J connectivity index is 1.28. The topological polar surface area (TPSA) is 114 Å². The van der Waals surface area contributed by atoms with Crippen molar-refractivity contribution in [3.63, 3.8) is 0 Å². The lowest BCUT2D eigenvalue weighted by molar-refractivity contribution is -0.122. The number of benzene rings is 1. The summed E-state index contributed by atoms with van der Waals surface area (Å²) in [6.07, 6.45) is 8.10. The van der Waals surface area contributed by atoms with Crippen LogP contribution in [-0.2, 0) is 30.7 Å². The minimum absolute atomic E-state index is 0.0189. The van der Waals surface area contributed by atoms with Gasteiger partial charge in [0.05, 0.1) is 18.3 Å². The number of rotatable bonds is 6. The molecule has 1 aliphatic heterocycles. The van der Waals surface area contributed by atoms with E-state index >= 15 is 0 Å². The lowest BCUT2D eigenvalue weighted by atomic mass is 9.91. The van der Waals surface area contributed by atoms with Gasteiger partial charge in [0.2, 0.25) is 5.91 Å². The molecule has 0 saturated carbocycles. The van der Waals surface area contributed by atoms with Gasteiger partial charge < -0.3 is 15.5 Å². The fraction of sp³-hybridized carbons (Fsp3) is 0.516. The first kappa shape index (κ1) is 28.6. The van der Waals surface area contributed by atoms with Crippen molar-refractivity contribution in [3.8, 4) is 0 Å². The highest BCUT2D eigenvalue weighted by Gasteiger charge is 2.30. The number of aromatic nitrogens is 4. The summed E-state index contributed by atoms with van der Waals surface area (Å²) >= 11 is 0. The van der Waals surface area contributed by atoms with Crippen molar-refractivity contribution >= 4 is 17.7 Å². The highest BCUT2D eigenvalue weighted by atomic mass is 16.2. The first-order valence-corrected chi connectivity index (χ1v) is 14.9. The van der Waals surface area contributed by atoms with E-state index in [1.807, 2.05) is 35.0 Å². The number of fused-ring (bicyclic) bond motifs is 1. The van der Waals surface area contributed by atoms with Crippen molar-refractivity contribution < 1.29 is 14.4 Å². The van der Waals surface area contributed by atoms with Gasteiger partial charge in [-0.1, -0.05) is 44.2 Å². The average molecular weight is 560 g/mol. The van der Waals surface area contributed by atoms with Gasteiger partial charge in [0.25, 0.3) is 11.8 Å². The predicted molar refractivity (Wildman–Crippen MR) is 155 cm³/mol. The molecule has 0 fully saturated rings. The summed E-state index contributed by atoms with van der Waals surface area (Å²) in [4.78, 5) is 41.4. The Labute approximate surface area is 241 Å². The van der Waals surface area contributed by atoms with Crippen LogP contribution in [0.2, 0.25) is 0 Å². The van der Waals surface area contributed by atoms with Gasteiger partial charge in [0, 0.05) is 56.1 Å². The van der Waals surface area contributed by atoms with Crippen molar-refractivity contribution in [1.82, 2.24) is 35.1 Å². The van der Waals surface area contributed by atoms with E-state index in [1.54, 1.807) is 22.0 Å². The second-order valence-electron chi connectivity index (χ2n) is 11.6. The summed E-state index contributed by atoms with van der Waals surface area (Å²) in [5.41, 5.74) is 4.17. The molecule has 0 spiro atoms. The Morgan fingerprint density at radius 2 is 1.90 bits per heavy atom. The van der Waals surface area contributed by atoms with Crippen LogP contribution >= 0.6 is 0 Å². The van der Waals surface area contributed by atoms with Gasteiger partial charge in [-0.15, -0.1) is 0 Å². The third-order valence-electron chi connectivity index (χ3n) is 7.92. The van der Waals surface area contributed by atoms with Crippen LogP contribution in [-0.4, -0.2) is 67.9 Å². The first-order chi connectivity index (χ1) is 19.9. The van der Waals surface area contributed by atoms with Gasteiger partial charge in [-0.2, -0.15) is 10.2 Å². The molecule has 2 bridgehead atoms. The predicted octanol–water partition coefficient (Wildman–Crippen LogP) is 3.20. The molecule has 2 aromatic heterocycles. The molecule has 10 nitrogen and oxygen atoms in total. The molecule has 41 heavy (non-hydrogen) atoms. The number of carbonyl (C=O) groups is 3. The number of nitrogens with one attached hydrogen (secondary N) is 2. The van der Waals surface area contributed by atoms with E-state index in [0.717, 1.165) is 42.6 Å². The minimum atomic E-state index is -0.188. The SMILES string of the molecule is CC(C)CCn1nc2c3c1CCC(C3)NC(=O)CCCN(C(=O)c1cnn(Cc3ccccc3)c1)CCCNC2=O. The Kier molecular flexibility index (Phi) is 9.16. The number of nitrogens with zero attached hydrogens (tertiary/aromatic N) is 5. The van der Waals surface area contributed by atoms with Crippen LogP contribution in [0.4, 0.5) is 0 Å². The normalized spacial score (nSPS) is 18.4. The van der Waals surface area contributed by atoms with Crippen LogP contribution < -0.4 is 10.6 Å². The molecule has 3 aromatic rings. The maximum Gasteiger partial charge on any atom is 0.272 e. The van der Waals surface area contributed by atoms with Crippen LogP contribution in [0.1, 0.15) is 83.6 Å². The van der Waals surface area contributed by atoms with E-state index in [2.05, 4.69) is 29.6 Å². The molecule has 10 heteroatoms. The quantitative estimate of drug-likeness (QED) is 0.482. The smallest absolute Gasteiger partial charge is 0.272 e. The third kappa shape index (κ3) is 7.23. The number of hydrogen-bond donors (Lipinski definition) is 2. The van der Waals surface area contributed by atoms with Crippen molar-refractivity contribution in [3.05, 3.63) is 70.8 Å². The molecule has 2 aliphatic rings. The first-order valence-electron chi connectivity index (χ1n) is 14.9. The van der Waals surface area contributed by atoms with Crippen LogP contribution in [0.25, 0.3) is 0 Å².